The molecule has 3 rings (SSSR count). The molecule has 0 saturated heterocycles. The van der Waals surface area contributed by atoms with Crippen LogP contribution >= 0.6 is 22.9 Å². The summed E-state index contributed by atoms with van der Waals surface area (Å²) in [5, 5.41) is 7.61. The molecule has 0 aliphatic rings. The van der Waals surface area contributed by atoms with E-state index in [0.717, 1.165) is 10.4 Å². The molecule has 2 aromatic heterocycles. The number of amides is 1. The monoisotopic (exact) mass is 434 g/mol. The molecule has 0 radical (unpaired) electrons. The smallest absolute Gasteiger partial charge is 0.341 e. The zero-order chi connectivity index (χ0) is 21.1. The van der Waals surface area contributed by atoms with Gasteiger partial charge in [-0.3, -0.25) is 4.79 Å². The summed E-state index contributed by atoms with van der Waals surface area (Å²) < 4.78 is 15.7. The number of aromatic nitrogens is 1. The number of methoxy groups -OCH3 is 1. The maximum absolute atomic E-state index is 12.8. The maximum Gasteiger partial charge on any atom is 0.341 e. The van der Waals surface area contributed by atoms with Crippen LogP contribution in [0.5, 0.6) is 5.75 Å². The number of hydrogen-bond donors (Lipinski definition) is 1. The van der Waals surface area contributed by atoms with Crippen molar-refractivity contribution >= 4 is 39.8 Å². The van der Waals surface area contributed by atoms with E-state index in [1.165, 1.54) is 18.4 Å². The molecule has 7 nitrogen and oxygen atoms in total. The molecule has 0 saturated carbocycles. The van der Waals surface area contributed by atoms with Gasteiger partial charge in [-0.1, -0.05) is 16.8 Å². The Morgan fingerprint density at radius 2 is 1.90 bits per heavy atom. The van der Waals surface area contributed by atoms with Gasteiger partial charge in [0.05, 0.1) is 18.2 Å². The van der Waals surface area contributed by atoms with Crippen molar-refractivity contribution < 1.29 is 23.6 Å². The maximum atomic E-state index is 12.8. The summed E-state index contributed by atoms with van der Waals surface area (Å²) in [5.41, 5.74) is 1.71. The number of halogens is 1. The molecule has 0 spiro atoms. The molecule has 0 aliphatic heterocycles. The molecule has 152 valence electrons. The summed E-state index contributed by atoms with van der Waals surface area (Å²) in [6.07, 6.45) is 0. The fourth-order valence-corrected chi connectivity index (χ4v) is 3.82. The Labute approximate surface area is 176 Å². The Kier molecular flexibility index (Phi) is 6.24. The van der Waals surface area contributed by atoms with Crippen molar-refractivity contribution in [1.82, 2.24) is 5.16 Å². The number of nitrogens with one attached hydrogen (secondary N) is 1. The molecule has 0 fully saturated rings. The Balaban J connectivity index is 1.81. The van der Waals surface area contributed by atoms with Crippen LogP contribution in [0.3, 0.4) is 0 Å². The van der Waals surface area contributed by atoms with Gasteiger partial charge >= 0.3 is 5.97 Å². The van der Waals surface area contributed by atoms with Gasteiger partial charge in [-0.2, -0.15) is 0 Å². The van der Waals surface area contributed by atoms with Gasteiger partial charge in [-0.05, 0) is 50.6 Å². The number of ether oxygens (including phenoxy) is 2. The van der Waals surface area contributed by atoms with Crippen molar-refractivity contribution in [3.05, 3.63) is 62.3 Å². The molecule has 0 aliphatic carbocycles. The minimum Gasteiger partial charge on any atom is -0.489 e. The largest absolute Gasteiger partial charge is 0.489 e. The highest BCUT2D eigenvalue weighted by molar-refractivity contribution is 7.16. The topological polar surface area (TPSA) is 90.7 Å². The SMILES string of the molecule is COC(=O)c1c(NC(=O)c2noc(C)c2COc2ccc(Cl)cc2)sc(C)c1C. The average Bonchev–Trinajstić information content (AvgIpc) is 3.20. The highest BCUT2D eigenvalue weighted by Crippen LogP contribution is 2.33. The van der Waals surface area contributed by atoms with E-state index in [1.54, 1.807) is 38.1 Å². The van der Waals surface area contributed by atoms with E-state index in [-0.39, 0.29) is 12.3 Å². The molecular formula is C20H19ClN2O5S. The predicted octanol–water partition coefficient (Wildman–Crippen LogP) is 4.93. The number of hydrogen-bond acceptors (Lipinski definition) is 7. The summed E-state index contributed by atoms with van der Waals surface area (Å²) >= 11 is 7.17. The lowest BCUT2D eigenvalue weighted by atomic mass is 10.1. The number of rotatable bonds is 6. The highest BCUT2D eigenvalue weighted by atomic mass is 35.5. The minimum absolute atomic E-state index is 0.0894. The number of anilines is 1. The molecule has 1 amide bonds. The van der Waals surface area contributed by atoms with Gasteiger partial charge in [-0.25, -0.2) is 4.79 Å². The van der Waals surface area contributed by atoms with Crippen LogP contribution < -0.4 is 10.1 Å². The minimum atomic E-state index is -0.509. The first-order valence-corrected chi connectivity index (χ1v) is 9.84. The molecule has 0 atom stereocenters. The number of carbonyl (C=O) groups excluding carboxylic acids is 2. The first-order valence-electron chi connectivity index (χ1n) is 8.65. The van der Waals surface area contributed by atoms with Crippen LogP contribution in [0.1, 0.15) is 42.6 Å². The van der Waals surface area contributed by atoms with Gasteiger partial charge in [0.25, 0.3) is 5.91 Å². The summed E-state index contributed by atoms with van der Waals surface area (Å²) in [4.78, 5) is 25.9. The number of benzene rings is 1. The lowest BCUT2D eigenvalue weighted by Gasteiger charge is -2.08. The second-order valence-electron chi connectivity index (χ2n) is 6.24. The van der Waals surface area contributed by atoms with E-state index in [1.807, 2.05) is 6.92 Å². The van der Waals surface area contributed by atoms with Crippen LogP contribution in [-0.2, 0) is 11.3 Å². The standard InChI is InChI=1S/C20H19ClN2O5S/c1-10-12(3)29-19(16(10)20(25)26-4)22-18(24)17-15(11(2)28-23-17)9-27-14-7-5-13(21)6-8-14/h5-8H,9H2,1-4H3,(H,22,24). The summed E-state index contributed by atoms with van der Waals surface area (Å²) in [5.74, 6) is 0.0578. The Bertz CT molecular complexity index is 1060. The van der Waals surface area contributed by atoms with E-state index in [0.29, 0.717) is 32.7 Å². The third-order valence-electron chi connectivity index (χ3n) is 4.40. The van der Waals surface area contributed by atoms with Gasteiger partial charge in [0, 0.05) is 9.90 Å². The number of nitrogens with zero attached hydrogens (tertiary/aromatic N) is 1. The van der Waals surface area contributed by atoms with Crippen molar-refractivity contribution in [3.63, 3.8) is 0 Å². The van der Waals surface area contributed by atoms with E-state index < -0.39 is 11.9 Å². The molecule has 0 bridgehead atoms. The van der Waals surface area contributed by atoms with Crippen LogP contribution in [0.25, 0.3) is 0 Å². The molecule has 3 aromatic rings. The van der Waals surface area contributed by atoms with Crippen LogP contribution in [-0.4, -0.2) is 24.1 Å². The third-order valence-corrected chi connectivity index (χ3v) is 5.77. The number of esters is 1. The molecular weight excluding hydrogens is 416 g/mol. The third kappa shape index (κ3) is 4.44. The van der Waals surface area contributed by atoms with Gasteiger partial charge in [0.15, 0.2) is 5.69 Å². The molecule has 9 heteroatoms. The van der Waals surface area contributed by atoms with Crippen LogP contribution in [0.4, 0.5) is 5.00 Å². The van der Waals surface area contributed by atoms with Crippen molar-refractivity contribution in [3.8, 4) is 5.75 Å². The van der Waals surface area contributed by atoms with E-state index in [4.69, 9.17) is 25.6 Å². The Morgan fingerprint density at radius 3 is 2.55 bits per heavy atom. The van der Waals surface area contributed by atoms with E-state index >= 15 is 0 Å². The van der Waals surface area contributed by atoms with E-state index in [9.17, 15) is 9.59 Å². The second kappa shape index (κ2) is 8.67. The zero-order valence-electron chi connectivity index (χ0n) is 16.3. The van der Waals surface area contributed by atoms with Gasteiger partial charge in [0.1, 0.15) is 23.1 Å². The highest BCUT2D eigenvalue weighted by Gasteiger charge is 2.25. The van der Waals surface area contributed by atoms with Crippen LogP contribution in [0, 0.1) is 20.8 Å². The van der Waals surface area contributed by atoms with E-state index in [2.05, 4.69) is 10.5 Å². The quantitative estimate of drug-likeness (QED) is 0.553. The lowest BCUT2D eigenvalue weighted by Crippen LogP contribution is -2.17. The normalized spacial score (nSPS) is 10.7. The fraction of sp³-hybridized carbons (Fsp3) is 0.250. The number of aryl methyl sites for hydroxylation is 2. The van der Waals surface area contributed by atoms with Gasteiger partial charge in [-0.15, -0.1) is 11.3 Å². The summed E-state index contributed by atoms with van der Waals surface area (Å²) in [6, 6.07) is 6.87. The Hall–Kier alpha value is -2.84. The van der Waals surface area contributed by atoms with Crippen molar-refractivity contribution in [2.75, 3.05) is 12.4 Å². The average molecular weight is 435 g/mol. The number of carbonyl (C=O) groups is 2. The summed E-state index contributed by atoms with van der Waals surface area (Å²) in [7, 11) is 1.30. The Morgan fingerprint density at radius 1 is 1.21 bits per heavy atom. The molecule has 2 heterocycles. The fourth-order valence-electron chi connectivity index (χ4n) is 2.65. The first-order chi connectivity index (χ1) is 13.8. The predicted molar refractivity (Wildman–Crippen MR) is 110 cm³/mol. The first kappa shape index (κ1) is 20.9. The summed E-state index contributed by atoms with van der Waals surface area (Å²) in [6.45, 7) is 5.46. The second-order valence-corrected chi connectivity index (χ2v) is 7.90. The molecule has 1 N–H and O–H groups in total. The molecule has 1 aromatic carbocycles. The van der Waals surface area contributed by atoms with Crippen LogP contribution in [0.2, 0.25) is 5.02 Å². The van der Waals surface area contributed by atoms with Gasteiger partial charge in [0.2, 0.25) is 0 Å². The lowest BCUT2D eigenvalue weighted by molar-refractivity contribution is 0.0601. The van der Waals surface area contributed by atoms with Crippen molar-refractivity contribution in [2.45, 2.75) is 27.4 Å². The molecule has 0 unspecified atom stereocenters. The molecule has 29 heavy (non-hydrogen) atoms. The van der Waals surface area contributed by atoms with Crippen molar-refractivity contribution in [2.24, 2.45) is 0 Å². The zero-order valence-corrected chi connectivity index (χ0v) is 17.9. The number of thiophene rings is 1. The van der Waals surface area contributed by atoms with Gasteiger partial charge < -0.3 is 19.3 Å². The van der Waals surface area contributed by atoms with Crippen molar-refractivity contribution in [1.29, 1.82) is 0 Å². The van der Waals surface area contributed by atoms with Crippen LogP contribution in [0.15, 0.2) is 28.8 Å².